The standard InChI is InChI=1S/C13H16FNO4S/c1-3-9-15(10-13(16)19-4-2)20(17,18)12-8-6-5-7-11(12)14/h3,5-8H,1,4,9-10H2,2H3. The zero-order valence-corrected chi connectivity index (χ0v) is 11.9. The van der Waals surface area contributed by atoms with Gasteiger partial charge in [0.05, 0.1) is 6.61 Å². The number of hydrogen-bond donors (Lipinski definition) is 0. The molecule has 1 aromatic carbocycles. The maximum absolute atomic E-state index is 13.6. The summed E-state index contributed by atoms with van der Waals surface area (Å²) in [4.78, 5) is 11.0. The molecule has 5 nitrogen and oxygen atoms in total. The predicted molar refractivity (Wildman–Crippen MR) is 72.0 cm³/mol. The third-order valence-corrected chi connectivity index (χ3v) is 4.24. The van der Waals surface area contributed by atoms with Crippen molar-refractivity contribution < 1.29 is 22.3 Å². The van der Waals surface area contributed by atoms with Gasteiger partial charge in [0.2, 0.25) is 10.0 Å². The Morgan fingerprint density at radius 3 is 2.65 bits per heavy atom. The van der Waals surface area contributed by atoms with Gasteiger partial charge in [0.25, 0.3) is 0 Å². The third-order valence-electron chi connectivity index (χ3n) is 2.40. The number of rotatable bonds is 7. The van der Waals surface area contributed by atoms with E-state index in [0.717, 1.165) is 16.4 Å². The van der Waals surface area contributed by atoms with Crippen LogP contribution in [0.3, 0.4) is 0 Å². The van der Waals surface area contributed by atoms with Crippen molar-refractivity contribution in [3.05, 3.63) is 42.7 Å². The van der Waals surface area contributed by atoms with Crippen LogP contribution in [0, 0.1) is 5.82 Å². The van der Waals surface area contributed by atoms with Crippen LogP contribution < -0.4 is 0 Å². The van der Waals surface area contributed by atoms with Crippen LogP contribution in [0.15, 0.2) is 41.8 Å². The Balaban J connectivity index is 3.09. The topological polar surface area (TPSA) is 63.7 Å². The van der Waals surface area contributed by atoms with Crippen molar-refractivity contribution in [2.75, 3.05) is 19.7 Å². The normalized spacial score (nSPS) is 11.3. The summed E-state index contributed by atoms with van der Waals surface area (Å²) >= 11 is 0. The lowest BCUT2D eigenvalue weighted by atomic mass is 10.4. The molecule has 0 unspecified atom stereocenters. The number of carbonyl (C=O) groups is 1. The molecule has 1 aromatic rings. The molecule has 0 atom stereocenters. The molecule has 0 N–H and O–H groups in total. The Hall–Kier alpha value is -1.73. The average Bonchev–Trinajstić information content (AvgIpc) is 2.38. The smallest absolute Gasteiger partial charge is 0.321 e. The monoisotopic (exact) mass is 301 g/mol. The van der Waals surface area contributed by atoms with E-state index in [2.05, 4.69) is 6.58 Å². The Labute approximate surface area is 117 Å². The van der Waals surface area contributed by atoms with Crippen LogP contribution in [0.1, 0.15) is 6.92 Å². The minimum absolute atomic E-state index is 0.116. The molecule has 0 saturated carbocycles. The van der Waals surface area contributed by atoms with Crippen LogP contribution in [0.2, 0.25) is 0 Å². The quantitative estimate of drug-likeness (QED) is 0.566. The summed E-state index contributed by atoms with van der Waals surface area (Å²) in [6.45, 7) is 4.58. The first kappa shape index (κ1) is 16.3. The van der Waals surface area contributed by atoms with Crippen LogP contribution in [-0.4, -0.2) is 38.4 Å². The van der Waals surface area contributed by atoms with Gasteiger partial charge in [-0.25, -0.2) is 12.8 Å². The van der Waals surface area contributed by atoms with E-state index in [-0.39, 0.29) is 13.2 Å². The minimum atomic E-state index is -4.12. The maximum Gasteiger partial charge on any atom is 0.321 e. The van der Waals surface area contributed by atoms with E-state index in [0.29, 0.717) is 0 Å². The number of halogens is 1. The number of carbonyl (C=O) groups excluding carboxylic acids is 1. The van der Waals surface area contributed by atoms with Crippen LogP contribution >= 0.6 is 0 Å². The molecular formula is C13H16FNO4S. The molecule has 0 aliphatic heterocycles. The Bertz CT molecular complexity index is 586. The number of sulfonamides is 1. The van der Waals surface area contributed by atoms with Crippen molar-refractivity contribution in [3.63, 3.8) is 0 Å². The summed E-state index contributed by atoms with van der Waals surface area (Å²) < 4.78 is 43.8. The fraction of sp³-hybridized carbons (Fsp3) is 0.308. The van der Waals surface area contributed by atoms with Crippen LogP contribution in [0.5, 0.6) is 0 Å². The van der Waals surface area contributed by atoms with E-state index in [1.54, 1.807) is 6.92 Å². The molecule has 1 rings (SSSR count). The van der Waals surface area contributed by atoms with E-state index < -0.39 is 33.3 Å². The first-order valence-corrected chi connectivity index (χ1v) is 7.38. The SMILES string of the molecule is C=CCN(CC(=O)OCC)S(=O)(=O)c1ccccc1F. The Morgan fingerprint density at radius 1 is 1.45 bits per heavy atom. The molecular weight excluding hydrogens is 285 g/mol. The summed E-state index contributed by atoms with van der Waals surface area (Å²) in [6, 6.07) is 4.99. The Kier molecular flexibility index (Phi) is 5.84. The van der Waals surface area contributed by atoms with Crippen LogP contribution in [0.4, 0.5) is 4.39 Å². The van der Waals surface area contributed by atoms with Crippen molar-refractivity contribution in [1.29, 1.82) is 0 Å². The van der Waals surface area contributed by atoms with E-state index >= 15 is 0 Å². The average molecular weight is 301 g/mol. The van der Waals surface area contributed by atoms with Crippen molar-refractivity contribution >= 4 is 16.0 Å². The van der Waals surface area contributed by atoms with Crippen molar-refractivity contribution in [2.24, 2.45) is 0 Å². The maximum atomic E-state index is 13.6. The fourth-order valence-corrected chi connectivity index (χ4v) is 2.96. The zero-order chi connectivity index (χ0) is 15.2. The van der Waals surface area contributed by atoms with Gasteiger partial charge in [0.15, 0.2) is 0 Å². The van der Waals surface area contributed by atoms with E-state index in [9.17, 15) is 17.6 Å². The van der Waals surface area contributed by atoms with Crippen LogP contribution in [-0.2, 0) is 19.6 Å². The summed E-state index contributed by atoms with van der Waals surface area (Å²) in [5, 5.41) is 0. The third kappa shape index (κ3) is 3.88. The van der Waals surface area contributed by atoms with Crippen LogP contribution in [0.25, 0.3) is 0 Å². The highest BCUT2D eigenvalue weighted by Crippen LogP contribution is 2.18. The fourth-order valence-electron chi connectivity index (χ4n) is 1.54. The lowest BCUT2D eigenvalue weighted by Gasteiger charge is -2.19. The molecule has 0 radical (unpaired) electrons. The summed E-state index contributed by atoms with van der Waals surface area (Å²) in [7, 11) is -4.12. The number of esters is 1. The lowest BCUT2D eigenvalue weighted by Crippen LogP contribution is -2.37. The summed E-state index contributed by atoms with van der Waals surface area (Å²) in [6.07, 6.45) is 1.32. The molecule has 0 bridgehead atoms. The van der Waals surface area contributed by atoms with Crippen molar-refractivity contribution in [3.8, 4) is 0 Å². The molecule has 0 aromatic heterocycles. The molecule has 7 heteroatoms. The Morgan fingerprint density at radius 2 is 2.10 bits per heavy atom. The molecule has 0 heterocycles. The molecule has 0 spiro atoms. The zero-order valence-electron chi connectivity index (χ0n) is 11.1. The molecule has 110 valence electrons. The predicted octanol–water partition coefficient (Wildman–Crippen LogP) is 1.57. The molecule has 0 amide bonds. The van der Waals surface area contributed by atoms with Gasteiger partial charge in [-0.15, -0.1) is 6.58 Å². The van der Waals surface area contributed by atoms with Gasteiger partial charge in [0.1, 0.15) is 17.3 Å². The molecule has 0 aliphatic rings. The second-order valence-electron chi connectivity index (χ2n) is 3.82. The summed E-state index contributed by atoms with van der Waals surface area (Å²) in [5.41, 5.74) is 0. The highest BCUT2D eigenvalue weighted by atomic mass is 32.2. The number of nitrogens with zero attached hydrogens (tertiary/aromatic N) is 1. The minimum Gasteiger partial charge on any atom is -0.465 e. The van der Waals surface area contributed by atoms with Gasteiger partial charge < -0.3 is 4.74 Å². The van der Waals surface area contributed by atoms with E-state index in [4.69, 9.17) is 4.74 Å². The van der Waals surface area contributed by atoms with E-state index in [1.807, 2.05) is 0 Å². The first-order valence-electron chi connectivity index (χ1n) is 5.94. The summed E-state index contributed by atoms with van der Waals surface area (Å²) in [5.74, 6) is -1.57. The van der Waals surface area contributed by atoms with Gasteiger partial charge in [-0.2, -0.15) is 4.31 Å². The molecule has 0 aliphatic carbocycles. The van der Waals surface area contributed by atoms with Gasteiger partial charge in [-0.3, -0.25) is 4.79 Å². The highest BCUT2D eigenvalue weighted by molar-refractivity contribution is 7.89. The lowest BCUT2D eigenvalue weighted by molar-refractivity contribution is -0.143. The molecule has 0 fully saturated rings. The number of benzene rings is 1. The van der Waals surface area contributed by atoms with Crippen molar-refractivity contribution in [1.82, 2.24) is 4.31 Å². The largest absolute Gasteiger partial charge is 0.465 e. The first-order chi connectivity index (χ1) is 9.43. The van der Waals surface area contributed by atoms with Gasteiger partial charge in [-0.05, 0) is 19.1 Å². The van der Waals surface area contributed by atoms with Crippen molar-refractivity contribution in [2.45, 2.75) is 11.8 Å². The highest BCUT2D eigenvalue weighted by Gasteiger charge is 2.28. The second-order valence-corrected chi connectivity index (χ2v) is 5.73. The van der Waals surface area contributed by atoms with Gasteiger partial charge >= 0.3 is 5.97 Å². The second kappa shape index (κ2) is 7.16. The molecule has 20 heavy (non-hydrogen) atoms. The molecule has 0 saturated heterocycles. The number of ether oxygens (including phenoxy) is 1. The van der Waals surface area contributed by atoms with E-state index in [1.165, 1.54) is 18.2 Å². The van der Waals surface area contributed by atoms with Gasteiger partial charge in [0, 0.05) is 6.54 Å². The van der Waals surface area contributed by atoms with Gasteiger partial charge in [-0.1, -0.05) is 18.2 Å². The number of hydrogen-bond acceptors (Lipinski definition) is 4.